The summed E-state index contributed by atoms with van der Waals surface area (Å²) in [6.07, 6.45) is -0.617. The highest BCUT2D eigenvalue weighted by atomic mass is 16.6. The Morgan fingerprint density at radius 2 is 1.64 bits per heavy atom. The third kappa shape index (κ3) is 9.03. The molecule has 3 atom stereocenters. The van der Waals surface area contributed by atoms with E-state index >= 15 is 0 Å². The number of nitrogens with two attached hydrogens (primary N) is 1. The van der Waals surface area contributed by atoms with Crippen molar-refractivity contribution >= 4 is 23.9 Å². The maximum absolute atomic E-state index is 12.4. The number of nitrogens with one attached hydrogen (secondary N) is 3. The minimum atomic E-state index is -1.18. The number of alkyl carbamates (subject to hydrolysis) is 1. The summed E-state index contributed by atoms with van der Waals surface area (Å²) in [6, 6.07) is -2.12. The van der Waals surface area contributed by atoms with E-state index in [0.29, 0.717) is 13.0 Å². The first-order valence-electron chi connectivity index (χ1n) is 9.21. The maximum atomic E-state index is 12.4. The number of carbonyl (C=O) groups excluding carboxylic acids is 4. The lowest BCUT2D eigenvalue weighted by molar-refractivity contribution is -0.156. The van der Waals surface area contributed by atoms with Crippen LogP contribution in [0, 0.1) is 0 Å². The monoisotopic (exact) mass is 400 g/mol. The van der Waals surface area contributed by atoms with Gasteiger partial charge in [0.2, 0.25) is 11.8 Å². The lowest BCUT2D eigenvalue weighted by atomic mass is 10.1. The average molecular weight is 400 g/mol. The van der Waals surface area contributed by atoms with Gasteiger partial charge in [-0.3, -0.25) is 14.4 Å². The molecule has 0 saturated carbocycles. The Bertz CT molecular complexity index is 608. The van der Waals surface area contributed by atoms with E-state index in [1.165, 1.54) is 0 Å². The van der Waals surface area contributed by atoms with Crippen LogP contribution in [-0.2, 0) is 23.9 Å². The highest BCUT2D eigenvalue weighted by Gasteiger charge is 2.34. The molecule has 1 aliphatic rings. The Morgan fingerprint density at radius 3 is 2.14 bits per heavy atom. The molecule has 0 bridgehead atoms. The second kappa shape index (κ2) is 9.22. The zero-order chi connectivity index (χ0) is 21.7. The number of primary amides is 1. The lowest BCUT2D eigenvalue weighted by Crippen LogP contribution is -2.51. The number of esters is 1. The van der Waals surface area contributed by atoms with E-state index in [2.05, 4.69) is 16.0 Å². The van der Waals surface area contributed by atoms with Gasteiger partial charge in [-0.25, -0.2) is 4.79 Å². The van der Waals surface area contributed by atoms with Gasteiger partial charge in [-0.1, -0.05) is 0 Å². The number of amides is 3. The maximum Gasteiger partial charge on any atom is 0.407 e. The summed E-state index contributed by atoms with van der Waals surface area (Å²) in [5, 5.41) is 8.11. The molecular formula is C18H32N4O6. The molecule has 5 N–H and O–H groups in total. The SMILES string of the molecule is CC(C)(C)OC(=O)CC(NC(=O)[C@@H]1C[C@H](NC(=O)OC(C)(C)C)CN1)C(N)=O. The van der Waals surface area contributed by atoms with Gasteiger partial charge in [-0.15, -0.1) is 0 Å². The first kappa shape index (κ1) is 23.7. The molecule has 1 rings (SSSR count). The quantitative estimate of drug-likeness (QED) is 0.456. The predicted molar refractivity (Wildman–Crippen MR) is 101 cm³/mol. The van der Waals surface area contributed by atoms with Crippen molar-refractivity contribution in [2.75, 3.05) is 6.54 Å². The van der Waals surface area contributed by atoms with Crippen LogP contribution in [0.5, 0.6) is 0 Å². The molecule has 160 valence electrons. The van der Waals surface area contributed by atoms with Gasteiger partial charge in [0.25, 0.3) is 0 Å². The standard InChI is InChI=1S/C18H32N4O6/c1-17(2,3)27-13(23)8-11(14(19)24)22-15(25)12-7-10(9-20-12)21-16(26)28-18(4,5)6/h10-12,20H,7-9H2,1-6H3,(H2,19,24)(H,21,26)(H,22,25)/t10-,11?,12-/m0/s1. The van der Waals surface area contributed by atoms with Crippen molar-refractivity contribution in [1.29, 1.82) is 0 Å². The Labute approximate surface area is 165 Å². The summed E-state index contributed by atoms with van der Waals surface area (Å²) in [4.78, 5) is 47.7. The van der Waals surface area contributed by atoms with Crippen LogP contribution in [0.3, 0.4) is 0 Å². The summed E-state index contributed by atoms with van der Waals surface area (Å²) in [5.41, 5.74) is 3.96. The van der Waals surface area contributed by atoms with Crippen molar-refractivity contribution in [3.8, 4) is 0 Å². The van der Waals surface area contributed by atoms with Crippen LogP contribution in [0.1, 0.15) is 54.4 Å². The molecule has 10 nitrogen and oxygen atoms in total. The molecule has 3 amide bonds. The normalized spacial score (nSPS) is 20.8. The lowest BCUT2D eigenvalue weighted by Gasteiger charge is -2.22. The van der Waals surface area contributed by atoms with Gasteiger partial charge >= 0.3 is 12.1 Å². The van der Waals surface area contributed by atoms with Crippen LogP contribution in [-0.4, -0.2) is 59.7 Å². The van der Waals surface area contributed by atoms with Crippen molar-refractivity contribution in [3.05, 3.63) is 0 Å². The van der Waals surface area contributed by atoms with Gasteiger partial charge in [-0.2, -0.15) is 0 Å². The van der Waals surface area contributed by atoms with E-state index in [0.717, 1.165) is 0 Å². The number of rotatable bonds is 6. The van der Waals surface area contributed by atoms with E-state index < -0.39 is 47.2 Å². The molecule has 0 radical (unpaired) electrons. The molecule has 1 heterocycles. The molecule has 0 aromatic carbocycles. The second-order valence-corrected chi connectivity index (χ2v) is 8.79. The predicted octanol–water partition coefficient (Wildman–Crippen LogP) is -0.0565. The number of hydrogen-bond acceptors (Lipinski definition) is 7. The molecule has 1 fully saturated rings. The van der Waals surface area contributed by atoms with E-state index in [1.807, 2.05) is 0 Å². The van der Waals surface area contributed by atoms with Gasteiger partial charge in [-0.05, 0) is 48.0 Å². The number of hydrogen-bond donors (Lipinski definition) is 4. The third-order valence-electron chi connectivity index (χ3n) is 3.62. The fourth-order valence-corrected chi connectivity index (χ4v) is 2.56. The van der Waals surface area contributed by atoms with Crippen LogP contribution in [0.15, 0.2) is 0 Å². The summed E-state index contributed by atoms with van der Waals surface area (Å²) >= 11 is 0. The smallest absolute Gasteiger partial charge is 0.407 e. The van der Waals surface area contributed by atoms with Crippen LogP contribution in [0.4, 0.5) is 4.79 Å². The van der Waals surface area contributed by atoms with Gasteiger partial charge in [0.15, 0.2) is 0 Å². The Kier molecular flexibility index (Phi) is 7.80. The zero-order valence-corrected chi connectivity index (χ0v) is 17.4. The molecule has 1 unspecified atom stereocenters. The number of ether oxygens (including phenoxy) is 2. The van der Waals surface area contributed by atoms with Crippen molar-refractivity contribution in [1.82, 2.24) is 16.0 Å². The van der Waals surface area contributed by atoms with E-state index in [9.17, 15) is 19.2 Å². The Morgan fingerprint density at radius 1 is 1.07 bits per heavy atom. The van der Waals surface area contributed by atoms with Crippen LogP contribution < -0.4 is 21.7 Å². The van der Waals surface area contributed by atoms with Crippen molar-refractivity contribution in [3.63, 3.8) is 0 Å². The molecule has 0 aromatic rings. The van der Waals surface area contributed by atoms with Crippen LogP contribution in [0.2, 0.25) is 0 Å². The molecule has 1 saturated heterocycles. The third-order valence-corrected chi connectivity index (χ3v) is 3.62. The van der Waals surface area contributed by atoms with Crippen molar-refractivity contribution in [2.45, 2.75) is 83.7 Å². The summed E-state index contributed by atoms with van der Waals surface area (Å²) < 4.78 is 10.3. The zero-order valence-electron chi connectivity index (χ0n) is 17.4. The summed E-state index contributed by atoms with van der Waals surface area (Å²) in [7, 11) is 0. The van der Waals surface area contributed by atoms with Crippen LogP contribution in [0.25, 0.3) is 0 Å². The molecule has 10 heteroatoms. The minimum Gasteiger partial charge on any atom is -0.460 e. The minimum absolute atomic E-state index is 0.302. The molecule has 28 heavy (non-hydrogen) atoms. The van der Waals surface area contributed by atoms with Gasteiger partial charge in [0.1, 0.15) is 17.2 Å². The van der Waals surface area contributed by atoms with E-state index in [4.69, 9.17) is 15.2 Å². The van der Waals surface area contributed by atoms with E-state index in [1.54, 1.807) is 41.5 Å². The van der Waals surface area contributed by atoms with Gasteiger partial charge in [0, 0.05) is 12.6 Å². The van der Waals surface area contributed by atoms with Gasteiger partial charge < -0.3 is 31.2 Å². The van der Waals surface area contributed by atoms with E-state index in [-0.39, 0.29) is 12.5 Å². The largest absolute Gasteiger partial charge is 0.460 e. The number of carbonyl (C=O) groups is 4. The highest BCUT2D eigenvalue weighted by molar-refractivity contribution is 5.91. The summed E-state index contributed by atoms with van der Waals surface area (Å²) in [5.74, 6) is -1.96. The molecule has 1 aliphatic heterocycles. The fourth-order valence-electron chi connectivity index (χ4n) is 2.56. The molecular weight excluding hydrogens is 368 g/mol. The Balaban J connectivity index is 2.55. The van der Waals surface area contributed by atoms with Crippen LogP contribution >= 0.6 is 0 Å². The first-order chi connectivity index (χ1) is 12.7. The first-order valence-corrected chi connectivity index (χ1v) is 9.21. The molecule has 0 spiro atoms. The van der Waals surface area contributed by atoms with Crippen molar-refractivity contribution < 1.29 is 28.7 Å². The molecule has 0 aromatic heterocycles. The average Bonchev–Trinajstić information content (AvgIpc) is 2.90. The van der Waals surface area contributed by atoms with Gasteiger partial charge in [0.05, 0.1) is 12.5 Å². The Hall–Kier alpha value is -2.36. The topological polar surface area (TPSA) is 149 Å². The molecule has 0 aliphatic carbocycles. The summed E-state index contributed by atoms with van der Waals surface area (Å²) in [6.45, 7) is 10.7. The fraction of sp³-hybridized carbons (Fsp3) is 0.778. The second-order valence-electron chi connectivity index (χ2n) is 8.79. The highest BCUT2D eigenvalue weighted by Crippen LogP contribution is 2.12. The van der Waals surface area contributed by atoms with Crippen molar-refractivity contribution in [2.24, 2.45) is 5.73 Å².